The van der Waals surface area contributed by atoms with Crippen molar-refractivity contribution in [2.75, 3.05) is 7.11 Å². The van der Waals surface area contributed by atoms with Crippen LogP contribution in [0.1, 0.15) is 35.9 Å². The van der Waals surface area contributed by atoms with E-state index in [2.05, 4.69) is 14.9 Å². The Morgan fingerprint density at radius 2 is 1.79 bits per heavy atom. The first-order valence-electron chi connectivity index (χ1n) is 11.1. The van der Waals surface area contributed by atoms with E-state index in [0.717, 1.165) is 12.1 Å². The van der Waals surface area contributed by atoms with Gasteiger partial charge in [0.25, 0.3) is 0 Å². The molecular weight excluding hydrogens is 547 g/mol. The molecule has 0 saturated heterocycles. The van der Waals surface area contributed by atoms with Gasteiger partial charge in [-0.1, -0.05) is 36.7 Å². The maximum Gasteiger partial charge on any atom is 0.434 e. The maximum absolute atomic E-state index is 13.9. The molecule has 1 aromatic heterocycles. The zero-order chi connectivity index (χ0) is 27.8. The molecule has 200 valence electrons. The number of sulfonamides is 1. The lowest BCUT2D eigenvalue weighted by Crippen LogP contribution is -2.32. The Balaban J connectivity index is 1.80. The number of hydrogen-bond acceptors (Lipinski definition) is 6. The van der Waals surface area contributed by atoms with Gasteiger partial charge in [0, 0.05) is 17.0 Å². The molecule has 0 bridgehead atoms. The van der Waals surface area contributed by atoms with E-state index in [0.29, 0.717) is 16.7 Å². The monoisotopic (exact) mass is 567 g/mol. The molecule has 2 atom stereocenters. The first kappa shape index (κ1) is 27.4. The Morgan fingerprint density at radius 1 is 1.11 bits per heavy atom. The van der Waals surface area contributed by atoms with Crippen LogP contribution < -0.4 is 15.2 Å². The van der Waals surface area contributed by atoms with E-state index in [1.807, 2.05) is 0 Å². The van der Waals surface area contributed by atoms with Crippen LogP contribution in [0.4, 0.5) is 13.2 Å². The van der Waals surface area contributed by atoms with Gasteiger partial charge < -0.3 is 9.15 Å². The molecular formula is C25H21ClF3N3O5S. The molecule has 3 aromatic carbocycles. The molecule has 0 aliphatic carbocycles. The van der Waals surface area contributed by atoms with E-state index in [1.54, 1.807) is 32.0 Å². The van der Waals surface area contributed by atoms with Gasteiger partial charge in [0.1, 0.15) is 16.7 Å². The second-order valence-corrected chi connectivity index (χ2v) is 10.5. The van der Waals surface area contributed by atoms with E-state index >= 15 is 0 Å². The standard InChI is InChI=1S/C25H21ClF3N3O5S/c1-12-16(5-4-6-17(12)14-9-18(27)22(29)19(28)10-14)13(2)23(24-30-31-25(33)37-24)32-38(34,35)21-8-7-15(26)11-20(21)36-3/h4-11,13,23,32H,1-3H3,(H,31,33)/t13-,23+/m1/s1. The molecule has 13 heteroatoms. The molecule has 2 N–H and O–H groups in total. The number of aromatic amines is 1. The molecule has 4 rings (SSSR count). The van der Waals surface area contributed by atoms with Crippen molar-refractivity contribution in [3.05, 3.63) is 98.6 Å². The van der Waals surface area contributed by atoms with Gasteiger partial charge in [0.05, 0.1) is 7.11 Å². The lowest BCUT2D eigenvalue weighted by atomic mass is 9.86. The molecule has 38 heavy (non-hydrogen) atoms. The van der Waals surface area contributed by atoms with Gasteiger partial charge in [0.15, 0.2) is 17.5 Å². The van der Waals surface area contributed by atoms with E-state index in [1.165, 1.54) is 25.3 Å². The third kappa shape index (κ3) is 5.33. The van der Waals surface area contributed by atoms with Gasteiger partial charge >= 0.3 is 5.76 Å². The zero-order valence-electron chi connectivity index (χ0n) is 20.2. The number of halogens is 4. The Bertz CT molecular complexity index is 1650. The molecule has 0 saturated carbocycles. The smallest absolute Gasteiger partial charge is 0.434 e. The summed E-state index contributed by atoms with van der Waals surface area (Å²) in [5.74, 6) is -6.18. The fraction of sp³-hybridized carbons (Fsp3) is 0.200. The summed E-state index contributed by atoms with van der Waals surface area (Å²) >= 11 is 5.96. The van der Waals surface area contributed by atoms with Crippen LogP contribution in [0, 0.1) is 24.4 Å². The van der Waals surface area contributed by atoms with Gasteiger partial charge in [-0.2, -0.15) is 4.72 Å². The second kappa shape index (κ2) is 10.6. The van der Waals surface area contributed by atoms with Crippen LogP contribution >= 0.6 is 11.6 Å². The van der Waals surface area contributed by atoms with Crippen molar-refractivity contribution in [2.24, 2.45) is 0 Å². The highest BCUT2D eigenvalue weighted by Gasteiger charge is 2.33. The molecule has 0 unspecified atom stereocenters. The molecule has 0 aliphatic heterocycles. The van der Waals surface area contributed by atoms with Crippen molar-refractivity contribution < 1.29 is 30.7 Å². The third-order valence-electron chi connectivity index (χ3n) is 6.08. The van der Waals surface area contributed by atoms with Crippen LogP contribution in [-0.2, 0) is 10.0 Å². The molecule has 1 heterocycles. The van der Waals surface area contributed by atoms with Gasteiger partial charge in [-0.3, -0.25) is 0 Å². The van der Waals surface area contributed by atoms with Crippen LogP contribution in [-0.4, -0.2) is 25.7 Å². The Labute approximate surface area is 220 Å². The predicted octanol–water partition coefficient (Wildman–Crippen LogP) is 5.24. The Kier molecular flexibility index (Phi) is 7.68. The fourth-order valence-corrected chi connectivity index (χ4v) is 5.77. The minimum absolute atomic E-state index is 0.0153. The number of methoxy groups -OCH3 is 1. The molecule has 0 amide bonds. The second-order valence-electron chi connectivity index (χ2n) is 8.41. The highest BCUT2D eigenvalue weighted by atomic mass is 35.5. The number of benzene rings is 3. The normalized spacial score (nSPS) is 13.3. The summed E-state index contributed by atoms with van der Waals surface area (Å²) in [6.07, 6.45) is 0. The quantitative estimate of drug-likeness (QED) is 0.281. The summed E-state index contributed by atoms with van der Waals surface area (Å²) in [5.41, 5.74) is 1.53. The maximum atomic E-state index is 13.9. The molecule has 8 nitrogen and oxygen atoms in total. The summed E-state index contributed by atoms with van der Waals surface area (Å²) in [6.45, 7) is 3.31. The topological polar surface area (TPSA) is 114 Å². The average Bonchev–Trinajstić information content (AvgIpc) is 3.31. The Hall–Kier alpha value is -3.61. The van der Waals surface area contributed by atoms with Gasteiger partial charge in [-0.15, -0.1) is 5.10 Å². The van der Waals surface area contributed by atoms with Crippen LogP contribution in [0.3, 0.4) is 0 Å². The number of aromatic nitrogens is 2. The van der Waals surface area contributed by atoms with Crippen molar-refractivity contribution in [1.82, 2.24) is 14.9 Å². The van der Waals surface area contributed by atoms with Crippen molar-refractivity contribution >= 4 is 21.6 Å². The van der Waals surface area contributed by atoms with Crippen LogP contribution in [0.25, 0.3) is 11.1 Å². The summed E-state index contributed by atoms with van der Waals surface area (Å²) in [6, 6.07) is 9.35. The summed E-state index contributed by atoms with van der Waals surface area (Å²) in [4.78, 5) is 11.5. The molecule has 4 aromatic rings. The van der Waals surface area contributed by atoms with Gasteiger partial charge in [0.2, 0.25) is 15.9 Å². The Morgan fingerprint density at radius 3 is 2.39 bits per heavy atom. The van der Waals surface area contributed by atoms with Crippen molar-refractivity contribution in [3.63, 3.8) is 0 Å². The number of H-pyrrole nitrogens is 1. The molecule has 0 aliphatic rings. The van der Waals surface area contributed by atoms with Gasteiger partial charge in [-0.05, 0) is 53.4 Å². The number of rotatable bonds is 8. The van der Waals surface area contributed by atoms with E-state index < -0.39 is 45.2 Å². The largest absolute Gasteiger partial charge is 0.495 e. The van der Waals surface area contributed by atoms with Crippen LogP contribution in [0.5, 0.6) is 5.75 Å². The van der Waals surface area contributed by atoms with Crippen LogP contribution in [0.2, 0.25) is 5.02 Å². The van der Waals surface area contributed by atoms with E-state index in [4.69, 9.17) is 20.8 Å². The molecule has 0 radical (unpaired) electrons. The third-order valence-corrected chi connectivity index (χ3v) is 7.79. The van der Waals surface area contributed by atoms with E-state index in [9.17, 15) is 26.4 Å². The first-order valence-corrected chi connectivity index (χ1v) is 12.9. The van der Waals surface area contributed by atoms with Crippen molar-refractivity contribution in [2.45, 2.75) is 30.7 Å². The minimum Gasteiger partial charge on any atom is -0.495 e. The average molecular weight is 568 g/mol. The summed E-state index contributed by atoms with van der Waals surface area (Å²) < 4.78 is 81.0. The molecule has 0 spiro atoms. The van der Waals surface area contributed by atoms with Crippen molar-refractivity contribution in [3.8, 4) is 16.9 Å². The van der Waals surface area contributed by atoms with Gasteiger partial charge in [-0.25, -0.2) is 31.5 Å². The predicted molar refractivity (Wildman–Crippen MR) is 133 cm³/mol. The van der Waals surface area contributed by atoms with Crippen molar-refractivity contribution in [1.29, 1.82) is 0 Å². The molecule has 0 fully saturated rings. The number of nitrogens with one attached hydrogen (secondary N) is 2. The highest BCUT2D eigenvalue weighted by Crippen LogP contribution is 2.37. The minimum atomic E-state index is -4.29. The number of ether oxygens (including phenoxy) is 1. The number of hydrogen-bond donors (Lipinski definition) is 2. The zero-order valence-corrected chi connectivity index (χ0v) is 21.8. The summed E-state index contributed by atoms with van der Waals surface area (Å²) in [5, 5.41) is 6.18. The highest BCUT2D eigenvalue weighted by molar-refractivity contribution is 7.89. The lowest BCUT2D eigenvalue weighted by Gasteiger charge is -2.25. The van der Waals surface area contributed by atoms with Crippen LogP contribution in [0.15, 0.2) is 62.6 Å². The fourth-order valence-electron chi connectivity index (χ4n) is 4.18. The summed E-state index contributed by atoms with van der Waals surface area (Å²) in [7, 11) is -3.01. The SMILES string of the molecule is COc1cc(Cl)ccc1S(=O)(=O)N[C@H](c1n[nH]c(=O)o1)[C@H](C)c1cccc(-c2cc(F)c(F)c(F)c2)c1C. The lowest BCUT2D eigenvalue weighted by molar-refractivity contribution is 0.378. The number of nitrogens with zero attached hydrogens (tertiary/aromatic N) is 1. The van der Waals surface area contributed by atoms with E-state index in [-0.39, 0.29) is 27.1 Å². The first-order chi connectivity index (χ1) is 17.9.